The van der Waals surface area contributed by atoms with Crippen LogP contribution in [0.3, 0.4) is 0 Å². The normalized spacial score (nSPS) is 22.1. The Hall–Kier alpha value is -0.930. The minimum atomic E-state index is 0.486. The maximum Gasteiger partial charge on any atom is 0.0321 e. The van der Waals surface area contributed by atoms with E-state index < -0.39 is 0 Å². The van der Waals surface area contributed by atoms with Crippen LogP contribution in [0.2, 0.25) is 0 Å². The average Bonchev–Trinajstić information content (AvgIpc) is 2.46. The largest absolute Gasteiger partial charge is 0.316 e. The Morgan fingerprint density at radius 1 is 1.44 bits per heavy atom. The second-order valence-corrected chi connectivity index (χ2v) is 5.26. The lowest BCUT2D eigenvalue weighted by Gasteiger charge is -2.33. The maximum absolute atomic E-state index is 4.10. The summed E-state index contributed by atoms with van der Waals surface area (Å²) in [6.45, 7) is 9.25. The number of pyridine rings is 1. The van der Waals surface area contributed by atoms with Crippen molar-refractivity contribution in [3.05, 3.63) is 30.1 Å². The van der Waals surface area contributed by atoms with Crippen LogP contribution in [-0.4, -0.2) is 36.1 Å². The number of nitrogens with zero attached hydrogens (tertiary/aromatic N) is 2. The number of aromatic nitrogens is 1. The predicted molar refractivity (Wildman–Crippen MR) is 75.5 cm³/mol. The van der Waals surface area contributed by atoms with Gasteiger partial charge in [0.2, 0.25) is 0 Å². The van der Waals surface area contributed by atoms with Crippen molar-refractivity contribution >= 4 is 0 Å². The molecule has 1 N–H and O–H groups in total. The van der Waals surface area contributed by atoms with E-state index in [0.29, 0.717) is 6.04 Å². The van der Waals surface area contributed by atoms with Crippen molar-refractivity contribution < 1.29 is 0 Å². The van der Waals surface area contributed by atoms with Gasteiger partial charge in [0, 0.05) is 25.0 Å². The molecule has 1 aromatic heterocycles. The summed E-state index contributed by atoms with van der Waals surface area (Å²) >= 11 is 0. The standard InChI is InChI=1S/C15H25N3/c1-3-18(12-14-5-4-8-17-11-14)13(2)15-6-9-16-10-7-15/h6-7,9-10,13-14,17H,3-5,8,11-12H2,1-2H3. The van der Waals surface area contributed by atoms with E-state index in [1.54, 1.807) is 0 Å². The van der Waals surface area contributed by atoms with Crippen LogP contribution < -0.4 is 5.32 Å². The summed E-state index contributed by atoms with van der Waals surface area (Å²) in [5, 5.41) is 3.51. The van der Waals surface area contributed by atoms with Gasteiger partial charge >= 0.3 is 0 Å². The first-order valence-corrected chi connectivity index (χ1v) is 7.16. The molecule has 18 heavy (non-hydrogen) atoms. The lowest BCUT2D eigenvalue weighted by molar-refractivity contribution is 0.171. The first-order chi connectivity index (χ1) is 8.81. The van der Waals surface area contributed by atoms with Crippen molar-refractivity contribution in [3.8, 4) is 0 Å². The Labute approximate surface area is 111 Å². The number of piperidine rings is 1. The Morgan fingerprint density at radius 3 is 2.83 bits per heavy atom. The van der Waals surface area contributed by atoms with Gasteiger partial charge < -0.3 is 5.32 Å². The summed E-state index contributed by atoms with van der Waals surface area (Å²) in [7, 11) is 0. The number of rotatable bonds is 5. The molecule has 0 bridgehead atoms. The fourth-order valence-corrected chi connectivity index (χ4v) is 2.83. The molecule has 2 heterocycles. The molecule has 100 valence electrons. The third kappa shape index (κ3) is 3.53. The smallest absolute Gasteiger partial charge is 0.0321 e. The minimum Gasteiger partial charge on any atom is -0.316 e. The van der Waals surface area contributed by atoms with Gasteiger partial charge in [-0.3, -0.25) is 9.88 Å². The van der Waals surface area contributed by atoms with Crippen LogP contribution in [0.5, 0.6) is 0 Å². The first-order valence-electron chi connectivity index (χ1n) is 7.16. The zero-order valence-electron chi connectivity index (χ0n) is 11.6. The maximum atomic E-state index is 4.10. The minimum absolute atomic E-state index is 0.486. The van der Waals surface area contributed by atoms with Gasteiger partial charge in [0.15, 0.2) is 0 Å². The van der Waals surface area contributed by atoms with E-state index in [2.05, 4.69) is 41.2 Å². The number of hydrogen-bond donors (Lipinski definition) is 1. The van der Waals surface area contributed by atoms with E-state index >= 15 is 0 Å². The molecule has 0 amide bonds. The van der Waals surface area contributed by atoms with E-state index in [4.69, 9.17) is 0 Å². The average molecular weight is 247 g/mol. The highest BCUT2D eigenvalue weighted by atomic mass is 15.1. The van der Waals surface area contributed by atoms with Crippen molar-refractivity contribution in [2.75, 3.05) is 26.2 Å². The van der Waals surface area contributed by atoms with Gasteiger partial charge in [0.25, 0.3) is 0 Å². The van der Waals surface area contributed by atoms with Crippen molar-refractivity contribution in [1.82, 2.24) is 15.2 Å². The fourth-order valence-electron chi connectivity index (χ4n) is 2.83. The molecule has 2 atom stereocenters. The second-order valence-electron chi connectivity index (χ2n) is 5.26. The quantitative estimate of drug-likeness (QED) is 0.866. The highest BCUT2D eigenvalue weighted by molar-refractivity contribution is 5.14. The molecule has 1 aromatic rings. The summed E-state index contributed by atoms with van der Waals surface area (Å²) in [6.07, 6.45) is 6.47. The highest BCUT2D eigenvalue weighted by Crippen LogP contribution is 2.22. The van der Waals surface area contributed by atoms with Crippen LogP contribution in [0.4, 0.5) is 0 Å². The highest BCUT2D eigenvalue weighted by Gasteiger charge is 2.20. The van der Waals surface area contributed by atoms with Gasteiger partial charge in [0.05, 0.1) is 0 Å². The molecule has 1 fully saturated rings. The molecule has 2 rings (SSSR count). The van der Waals surface area contributed by atoms with Gasteiger partial charge in [-0.15, -0.1) is 0 Å². The predicted octanol–water partition coefficient (Wildman–Crippen LogP) is 2.46. The molecule has 1 aliphatic heterocycles. The summed E-state index contributed by atoms with van der Waals surface area (Å²) in [5.41, 5.74) is 1.37. The Balaban J connectivity index is 1.95. The lowest BCUT2D eigenvalue weighted by Crippen LogP contribution is -2.39. The molecular weight excluding hydrogens is 222 g/mol. The molecule has 1 aliphatic rings. The summed E-state index contributed by atoms with van der Waals surface area (Å²) in [4.78, 5) is 6.68. The summed E-state index contributed by atoms with van der Waals surface area (Å²) in [5.74, 6) is 0.808. The SMILES string of the molecule is CCN(CC1CCCNC1)C(C)c1ccncc1. The van der Waals surface area contributed by atoms with Crippen molar-refractivity contribution in [3.63, 3.8) is 0 Å². The van der Waals surface area contributed by atoms with Crippen LogP contribution in [-0.2, 0) is 0 Å². The zero-order valence-corrected chi connectivity index (χ0v) is 11.6. The fraction of sp³-hybridized carbons (Fsp3) is 0.667. The Bertz CT molecular complexity index is 333. The first kappa shape index (κ1) is 13.5. The molecule has 0 aromatic carbocycles. The lowest BCUT2D eigenvalue weighted by atomic mass is 9.97. The topological polar surface area (TPSA) is 28.2 Å². The van der Waals surface area contributed by atoms with Crippen molar-refractivity contribution in [1.29, 1.82) is 0 Å². The molecule has 3 heteroatoms. The summed E-state index contributed by atoms with van der Waals surface area (Å²) < 4.78 is 0. The molecule has 2 unspecified atom stereocenters. The van der Waals surface area contributed by atoms with Gasteiger partial charge in [-0.1, -0.05) is 6.92 Å². The van der Waals surface area contributed by atoms with E-state index in [1.165, 1.54) is 38.0 Å². The number of nitrogens with one attached hydrogen (secondary N) is 1. The van der Waals surface area contributed by atoms with Crippen molar-refractivity contribution in [2.45, 2.75) is 32.7 Å². The molecule has 0 aliphatic carbocycles. The van der Waals surface area contributed by atoms with Gasteiger partial charge in [-0.25, -0.2) is 0 Å². The number of hydrogen-bond acceptors (Lipinski definition) is 3. The second kappa shape index (κ2) is 6.86. The third-order valence-corrected chi connectivity index (χ3v) is 4.03. The zero-order chi connectivity index (χ0) is 12.8. The third-order valence-electron chi connectivity index (χ3n) is 4.03. The molecule has 0 saturated carbocycles. The van der Waals surface area contributed by atoms with Gasteiger partial charge in [0.1, 0.15) is 0 Å². The van der Waals surface area contributed by atoms with E-state index in [9.17, 15) is 0 Å². The van der Waals surface area contributed by atoms with E-state index in [1.807, 2.05) is 12.4 Å². The molecule has 0 spiro atoms. The molecule has 1 saturated heterocycles. The van der Waals surface area contributed by atoms with E-state index in [0.717, 1.165) is 12.5 Å². The van der Waals surface area contributed by atoms with Crippen LogP contribution in [0.1, 0.15) is 38.3 Å². The van der Waals surface area contributed by atoms with Gasteiger partial charge in [-0.05, 0) is 63.0 Å². The monoisotopic (exact) mass is 247 g/mol. The van der Waals surface area contributed by atoms with E-state index in [-0.39, 0.29) is 0 Å². The Kier molecular flexibility index (Phi) is 5.14. The van der Waals surface area contributed by atoms with Crippen molar-refractivity contribution in [2.24, 2.45) is 5.92 Å². The molecule has 3 nitrogen and oxygen atoms in total. The molecular formula is C15H25N3. The van der Waals surface area contributed by atoms with Crippen LogP contribution in [0, 0.1) is 5.92 Å². The molecule has 0 radical (unpaired) electrons. The van der Waals surface area contributed by atoms with Gasteiger partial charge in [-0.2, -0.15) is 0 Å². The Morgan fingerprint density at radius 2 is 2.22 bits per heavy atom. The van der Waals surface area contributed by atoms with Crippen LogP contribution in [0.15, 0.2) is 24.5 Å². The van der Waals surface area contributed by atoms with Crippen LogP contribution in [0.25, 0.3) is 0 Å². The van der Waals surface area contributed by atoms with Crippen LogP contribution >= 0.6 is 0 Å². The summed E-state index contributed by atoms with van der Waals surface area (Å²) in [6, 6.07) is 4.75.